The van der Waals surface area contributed by atoms with Crippen LogP contribution in [0.4, 0.5) is 5.69 Å². The van der Waals surface area contributed by atoms with Gasteiger partial charge in [-0.3, -0.25) is 9.59 Å². The molecule has 0 aliphatic heterocycles. The minimum atomic E-state index is -0.00260. The van der Waals surface area contributed by atoms with E-state index < -0.39 is 0 Å². The van der Waals surface area contributed by atoms with Gasteiger partial charge in [-0.15, -0.1) is 0 Å². The number of carbonyl (C=O) groups excluding carboxylic acids is 2. The van der Waals surface area contributed by atoms with Crippen molar-refractivity contribution >= 4 is 18.0 Å². The summed E-state index contributed by atoms with van der Waals surface area (Å²) in [7, 11) is 5.43. The van der Waals surface area contributed by atoms with Crippen LogP contribution >= 0.6 is 0 Å². The molecule has 0 spiro atoms. The molecule has 0 saturated heterocycles. The number of ether oxygens (including phenoxy) is 1. The van der Waals surface area contributed by atoms with E-state index in [1.165, 1.54) is 0 Å². The highest BCUT2D eigenvalue weighted by Crippen LogP contribution is 2.31. The van der Waals surface area contributed by atoms with Crippen LogP contribution in [-0.2, 0) is 16.1 Å². The summed E-state index contributed by atoms with van der Waals surface area (Å²) in [4.78, 5) is 27.0. The molecule has 1 fully saturated rings. The number of anilines is 1. The Morgan fingerprint density at radius 2 is 1.74 bits per heavy atom. The SMILES string of the molecule is CN[C@H]1CC[C@H](N(C=O)Cc2cc(-c3ccc(N(C)C(C)=O)cc3)ccc2OC)CC1. The van der Waals surface area contributed by atoms with Crippen molar-refractivity contribution in [3.8, 4) is 16.9 Å². The van der Waals surface area contributed by atoms with Gasteiger partial charge in [0, 0.05) is 43.9 Å². The lowest BCUT2D eigenvalue weighted by Gasteiger charge is -2.35. The van der Waals surface area contributed by atoms with Crippen molar-refractivity contribution in [2.24, 2.45) is 0 Å². The molecule has 0 radical (unpaired) electrons. The van der Waals surface area contributed by atoms with Crippen LogP contribution in [-0.4, -0.2) is 50.5 Å². The fraction of sp³-hybridized carbons (Fsp3) is 0.440. The van der Waals surface area contributed by atoms with E-state index in [0.717, 1.165) is 60.2 Å². The number of hydrogen-bond donors (Lipinski definition) is 1. The van der Waals surface area contributed by atoms with E-state index >= 15 is 0 Å². The van der Waals surface area contributed by atoms with E-state index in [1.54, 1.807) is 26.0 Å². The van der Waals surface area contributed by atoms with Crippen LogP contribution in [0.25, 0.3) is 11.1 Å². The van der Waals surface area contributed by atoms with Gasteiger partial charge in [-0.2, -0.15) is 0 Å². The Kier molecular flexibility index (Phi) is 7.69. The first-order valence-electron chi connectivity index (χ1n) is 10.9. The Labute approximate surface area is 185 Å². The minimum absolute atomic E-state index is 0.00260. The Balaban J connectivity index is 1.80. The Morgan fingerprint density at radius 3 is 2.29 bits per heavy atom. The second kappa shape index (κ2) is 10.4. The average molecular weight is 424 g/mol. The average Bonchev–Trinajstić information content (AvgIpc) is 2.82. The van der Waals surface area contributed by atoms with Crippen LogP contribution in [0.3, 0.4) is 0 Å². The van der Waals surface area contributed by atoms with E-state index in [0.29, 0.717) is 12.6 Å². The molecular formula is C25H33N3O3. The largest absolute Gasteiger partial charge is 0.496 e. The van der Waals surface area contributed by atoms with Gasteiger partial charge in [0.1, 0.15) is 5.75 Å². The summed E-state index contributed by atoms with van der Waals surface area (Å²) in [5.74, 6) is 0.782. The third kappa shape index (κ3) is 5.44. The summed E-state index contributed by atoms with van der Waals surface area (Å²) < 4.78 is 5.58. The Bertz CT molecular complexity index is 889. The van der Waals surface area contributed by atoms with E-state index in [1.807, 2.05) is 48.3 Å². The lowest BCUT2D eigenvalue weighted by atomic mass is 9.90. The number of rotatable bonds is 8. The van der Waals surface area contributed by atoms with Crippen molar-refractivity contribution in [3.05, 3.63) is 48.0 Å². The standard InChI is InChI=1S/C25H33N3O3/c1-18(30)27(3)23-10-5-19(6-11-23)20-7-14-25(31-4)21(15-20)16-28(17-29)24-12-8-22(26-2)9-13-24/h5-7,10-11,14-15,17,22,24,26H,8-9,12-13,16H2,1-4H3/t22-,24-. The number of nitrogens with one attached hydrogen (secondary N) is 1. The van der Waals surface area contributed by atoms with Crippen LogP contribution in [0.5, 0.6) is 5.75 Å². The lowest BCUT2D eigenvalue weighted by molar-refractivity contribution is -0.121. The fourth-order valence-corrected chi connectivity index (χ4v) is 4.29. The molecule has 31 heavy (non-hydrogen) atoms. The molecule has 6 nitrogen and oxygen atoms in total. The number of carbonyl (C=O) groups is 2. The highest BCUT2D eigenvalue weighted by atomic mass is 16.5. The van der Waals surface area contributed by atoms with Gasteiger partial charge in [0.25, 0.3) is 0 Å². The molecule has 3 rings (SSSR count). The molecule has 1 saturated carbocycles. The zero-order chi connectivity index (χ0) is 22.4. The van der Waals surface area contributed by atoms with Gasteiger partial charge >= 0.3 is 0 Å². The van der Waals surface area contributed by atoms with Crippen LogP contribution in [0.2, 0.25) is 0 Å². The molecule has 2 amide bonds. The predicted molar refractivity (Wildman–Crippen MR) is 124 cm³/mol. The number of amides is 2. The molecule has 0 atom stereocenters. The number of benzene rings is 2. The molecule has 0 bridgehead atoms. The van der Waals surface area contributed by atoms with Crippen molar-refractivity contribution in [3.63, 3.8) is 0 Å². The smallest absolute Gasteiger partial charge is 0.223 e. The van der Waals surface area contributed by atoms with Crippen LogP contribution < -0.4 is 15.0 Å². The zero-order valence-electron chi connectivity index (χ0n) is 18.9. The van der Waals surface area contributed by atoms with E-state index in [-0.39, 0.29) is 11.9 Å². The molecular weight excluding hydrogens is 390 g/mol. The summed E-state index contributed by atoms with van der Waals surface area (Å²) in [6, 6.07) is 14.8. The maximum atomic E-state index is 11.9. The summed E-state index contributed by atoms with van der Waals surface area (Å²) in [5.41, 5.74) is 3.96. The summed E-state index contributed by atoms with van der Waals surface area (Å²) in [5, 5.41) is 3.34. The van der Waals surface area contributed by atoms with Crippen LogP contribution in [0.1, 0.15) is 38.2 Å². The number of nitrogens with zero attached hydrogens (tertiary/aromatic N) is 2. The van der Waals surface area contributed by atoms with Gasteiger partial charge in [-0.25, -0.2) is 0 Å². The Hall–Kier alpha value is -2.86. The molecule has 2 aromatic rings. The molecule has 0 aromatic heterocycles. The summed E-state index contributed by atoms with van der Waals surface area (Å²) in [6.07, 6.45) is 5.17. The van der Waals surface area contributed by atoms with Gasteiger partial charge in [0.15, 0.2) is 0 Å². The maximum Gasteiger partial charge on any atom is 0.223 e. The molecule has 6 heteroatoms. The highest BCUT2D eigenvalue weighted by molar-refractivity contribution is 5.91. The molecule has 1 aliphatic carbocycles. The third-order valence-electron chi connectivity index (χ3n) is 6.40. The van der Waals surface area contributed by atoms with Gasteiger partial charge in [-0.05, 0) is 68.1 Å². The van der Waals surface area contributed by atoms with Crippen molar-refractivity contribution in [1.29, 1.82) is 0 Å². The quantitative estimate of drug-likeness (QED) is 0.656. The lowest BCUT2D eigenvalue weighted by Crippen LogP contribution is -2.40. The van der Waals surface area contributed by atoms with E-state index in [4.69, 9.17) is 4.74 Å². The molecule has 166 valence electrons. The van der Waals surface area contributed by atoms with Gasteiger partial charge in [0.2, 0.25) is 12.3 Å². The summed E-state index contributed by atoms with van der Waals surface area (Å²) >= 11 is 0. The van der Waals surface area contributed by atoms with Crippen LogP contribution in [0.15, 0.2) is 42.5 Å². The first-order valence-corrected chi connectivity index (χ1v) is 10.9. The molecule has 0 unspecified atom stereocenters. The third-order valence-corrected chi connectivity index (χ3v) is 6.40. The monoisotopic (exact) mass is 423 g/mol. The number of hydrogen-bond acceptors (Lipinski definition) is 4. The van der Waals surface area contributed by atoms with Crippen molar-refractivity contribution in [1.82, 2.24) is 10.2 Å². The first-order chi connectivity index (χ1) is 15.0. The van der Waals surface area contributed by atoms with Crippen molar-refractivity contribution in [2.75, 3.05) is 26.1 Å². The first kappa shape index (κ1) is 22.8. The second-order valence-corrected chi connectivity index (χ2v) is 8.22. The summed E-state index contributed by atoms with van der Waals surface area (Å²) in [6.45, 7) is 2.08. The molecule has 1 N–H and O–H groups in total. The van der Waals surface area contributed by atoms with Crippen molar-refractivity contribution in [2.45, 2.75) is 51.2 Å². The normalized spacial score (nSPS) is 18.3. The number of methoxy groups -OCH3 is 1. The fourth-order valence-electron chi connectivity index (χ4n) is 4.29. The maximum absolute atomic E-state index is 11.9. The highest BCUT2D eigenvalue weighted by Gasteiger charge is 2.25. The van der Waals surface area contributed by atoms with Crippen LogP contribution in [0, 0.1) is 0 Å². The molecule has 2 aromatic carbocycles. The van der Waals surface area contributed by atoms with Gasteiger partial charge in [0.05, 0.1) is 7.11 Å². The van der Waals surface area contributed by atoms with Gasteiger partial charge in [-0.1, -0.05) is 18.2 Å². The van der Waals surface area contributed by atoms with Gasteiger partial charge < -0.3 is 19.9 Å². The van der Waals surface area contributed by atoms with Crippen molar-refractivity contribution < 1.29 is 14.3 Å². The second-order valence-electron chi connectivity index (χ2n) is 8.22. The predicted octanol–water partition coefficient (Wildman–Crippen LogP) is 3.83. The Morgan fingerprint density at radius 1 is 1.10 bits per heavy atom. The minimum Gasteiger partial charge on any atom is -0.496 e. The molecule has 0 heterocycles. The molecule has 1 aliphatic rings. The van der Waals surface area contributed by atoms with E-state index in [2.05, 4.69) is 11.4 Å². The zero-order valence-corrected chi connectivity index (χ0v) is 18.9. The topological polar surface area (TPSA) is 61.9 Å². The van der Waals surface area contributed by atoms with E-state index in [9.17, 15) is 9.59 Å².